The van der Waals surface area contributed by atoms with Gasteiger partial charge in [0.25, 0.3) is 0 Å². The Hall–Kier alpha value is -2.41. The molecule has 130 valence electrons. The van der Waals surface area contributed by atoms with Crippen molar-refractivity contribution < 1.29 is 4.79 Å². The molecular formula is C25H24O. The third-order valence-electron chi connectivity index (χ3n) is 6.67. The van der Waals surface area contributed by atoms with Crippen molar-refractivity contribution in [1.82, 2.24) is 0 Å². The minimum atomic E-state index is -0.513. The van der Waals surface area contributed by atoms with Crippen LogP contribution in [-0.2, 0) is 10.2 Å². The van der Waals surface area contributed by atoms with Crippen molar-refractivity contribution in [2.24, 2.45) is 11.8 Å². The molecule has 0 N–H and O–H groups in total. The second kappa shape index (κ2) is 6.09. The number of allylic oxidation sites excluding steroid dienone is 4. The van der Waals surface area contributed by atoms with Crippen LogP contribution < -0.4 is 0 Å². The van der Waals surface area contributed by atoms with E-state index in [1.807, 2.05) is 12.1 Å². The molecule has 1 heteroatoms. The zero-order valence-electron chi connectivity index (χ0n) is 15.0. The lowest BCUT2D eigenvalue weighted by Gasteiger charge is -2.52. The third-order valence-corrected chi connectivity index (χ3v) is 6.67. The first-order valence-electron chi connectivity index (χ1n) is 9.89. The summed E-state index contributed by atoms with van der Waals surface area (Å²) in [5, 5.41) is 0. The minimum absolute atomic E-state index is 0.0727. The standard InChI is InChI=1S/C25H24O/c26-24-23-21(18-10-4-1-5-11-18)16-17-22(23)25(24,19-12-6-2-7-13-19)20-14-8-3-9-15-20/h2-3,6-9,12-17,22-23H,1,4-5,10-11H2. The van der Waals surface area contributed by atoms with Crippen LogP contribution in [0.5, 0.6) is 0 Å². The van der Waals surface area contributed by atoms with E-state index in [1.165, 1.54) is 37.7 Å². The summed E-state index contributed by atoms with van der Waals surface area (Å²) in [5.74, 6) is 0.714. The molecule has 2 atom stereocenters. The van der Waals surface area contributed by atoms with Gasteiger partial charge in [-0.15, -0.1) is 0 Å². The van der Waals surface area contributed by atoms with Crippen LogP contribution in [0.25, 0.3) is 0 Å². The average Bonchev–Trinajstić information content (AvgIpc) is 3.12. The van der Waals surface area contributed by atoms with E-state index < -0.39 is 5.41 Å². The van der Waals surface area contributed by atoms with Gasteiger partial charge in [-0.3, -0.25) is 4.79 Å². The summed E-state index contributed by atoms with van der Waals surface area (Å²) >= 11 is 0. The highest BCUT2D eigenvalue weighted by Crippen LogP contribution is 2.60. The topological polar surface area (TPSA) is 17.1 Å². The summed E-state index contributed by atoms with van der Waals surface area (Å²) in [7, 11) is 0. The van der Waals surface area contributed by atoms with E-state index in [0.29, 0.717) is 5.78 Å². The molecule has 0 amide bonds. The molecule has 2 aromatic carbocycles. The SMILES string of the molecule is O=C1C2C(=C3CCCCC3)C=CC2C1(c1ccccc1)c1ccccc1. The van der Waals surface area contributed by atoms with Crippen molar-refractivity contribution in [2.75, 3.05) is 0 Å². The minimum Gasteiger partial charge on any atom is -0.298 e. The maximum Gasteiger partial charge on any atom is 0.156 e. The number of benzene rings is 2. The number of ketones is 1. The Balaban J connectivity index is 1.63. The van der Waals surface area contributed by atoms with Crippen LogP contribution in [0.2, 0.25) is 0 Å². The second-order valence-electron chi connectivity index (χ2n) is 7.89. The summed E-state index contributed by atoms with van der Waals surface area (Å²) in [5.41, 5.74) is 4.65. The Morgan fingerprint density at radius 1 is 0.769 bits per heavy atom. The van der Waals surface area contributed by atoms with E-state index in [0.717, 1.165) is 11.1 Å². The smallest absolute Gasteiger partial charge is 0.156 e. The van der Waals surface area contributed by atoms with Crippen LogP contribution in [0.1, 0.15) is 43.2 Å². The monoisotopic (exact) mass is 340 g/mol. The number of hydrogen-bond donors (Lipinski definition) is 0. The molecule has 2 unspecified atom stereocenters. The number of carbonyl (C=O) groups is 1. The summed E-state index contributed by atoms with van der Waals surface area (Å²) in [6, 6.07) is 20.8. The molecule has 26 heavy (non-hydrogen) atoms. The molecule has 0 bridgehead atoms. The fourth-order valence-corrected chi connectivity index (χ4v) is 5.47. The van der Waals surface area contributed by atoms with Gasteiger partial charge in [-0.1, -0.05) is 84.8 Å². The van der Waals surface area contributed by atoms with E-state index in [1.54, 1.807) is 5.57 Å². The fourth-order valence-electron chi connectivity index (χ4n) is 5.47. The van der Waals surface area contributed by atoms with Crippen LogP contribution in [0.15, 0.2) is 84.0 Å². The average molecular weight is 340 g/mol. The zero-order chi connectivity index (χ0) is 17.6. The molecule has 2 fully saturated rings. The number of hydrogen-bond acceptors (Lipinski definition) is 1. The van der Waals surface area contributed by atoms with Crippen molar-refractivity contribution in [3.63, 3.8) is 0 Å². The van der Waals surface area contributed by atoms with Gasteiger partial charge in [0.2, 0.25) is 0 Å². The molecule has 0 heterocycles. The highest BCUT2D eigenvalue weighted by molar-refractivity contribution is 6.06. The molecule has 3 aliphatic rings. The van der Waals surface area contributed by atoms with Gasteiger partial charge in [0.15, 0.2) is 5.78 Å². The molecule has 5 rings (SSSR count). The van der Waals surface area contributed by atoms with Gasteiger partial charge in [0.05, 0.1) is 11.3 Å². The first-order chi connectivity index (χ1) is 12.8. The molecular weight excluding hydrogens is 316 g/mol. The number of carbonyl (C=O) groups excluding carboxylic acids is 1. The van der Waals surface area contributed by atoms with Crippen LogP contribution >= 0.6 is 0 Å². The Bertz CT molecular complexity index is 841. The largest absolute Gasteiger partial charge is 0.298 e. The molecule has 0 aromatic heterocycles. The van der Waals surface area contributed by atoms with Crippen molar-refractivity contribution in [2.45, 2.75) is 37.5 Å². The van der Waals surface area contributed by atoms with Crippen LogP contribution in [0.3, 0.4) is 0 Å². The summed E-state index contributed by atoms with van der Waals surface area (Å²) in [4.78, 5) is 13.7. The van der Waals surface area contributed by atoms with Crippen LogP contribution in [-0.4, -0.2) is 5.78 Å². The van der Waals surface area contributed by atoms with Gasteiger partial charge in [0, 0.05) is 5.92 Å². The highest BCUT2D eigenvalue weighted by atomic mass is 16.1. The molecule has 2 aromatic rings. The molecule has 3 aliphatic carbocycles. The molecule has 1 nitrogen and oxygen atoms in total. The van der Waals surface area contributed by atoms with Gasteiger partial charge >= 0.3 is 0 Å². The lowest BCUT2D eigenvalue weighted by atomic mass is 9.47. The Kier molecular flexibility index (Phi) is 3.70. The van der Waals surface area contributed by atoms with Gasteiger partial charge in [-0.05, 0) is 42.4 Å². The first-order valence-corrected chi connectivity index (χ1v) is 9.89. The first kappa shape index (κ1) is 15.8. The Morgan fingerprint density at radius 3 is 1.92 bits per heavy atom. The van der Waals surface area contributed by atoms with Crippen molar-refractivity contribution in [3.05, 3.63) is 95.1 Å². The maximum absolute atomic E-state index is 13.7. The van der Waals surface area contributed by atoms with Crippen molar-refractivity contribution in [1.29, 1.82) is 0 Å². The fraction of sp³-hybridized carbons (Fsp3) is 0.320. The molecule has 0 aliphatic heterocycles. The lowest BCUT2D eigenvalue weighted by molar-refractivity contribution is -0.138. The van der Waals surface area contributed by atoms with Gasteiger partial charge in [0.1, 0.15) is 0 Å². The molecule has 0 saturated heterocycles. The zero-order valence-corrected chi connectivity index (χ0v) is 15.0. The molecule has 0 radical (unpaired) electrons. The Labute approximate surface area is 155 Å². The number of rotatable bonds is 2. The third kappa shape index (κ3) is 2.06. The quantitative estimate of drug-likeness (QED) is 0.693. The summed E-state index contributed by atoms with van der Waals surface area (Å²) in [6.45, 7) is 0. The van der Waals surface area contributed by atoms with Crippen LogP contribution in [0.4, 0.5) is 0 Å². The second-order valence-corrected chi connectivity index (χ2v) is 7.89. The van der Waals surface area contributed by atoms with Gasteiger partial charge < -0.3 is 0 Å². The van der Waals surface area contributed by atoms with Gasteiger partial charge in [-0.2, -0.15) is 0 Å². The Morgan fingerprint density at radius 2 is 1.35 bits per heavy atom. The normalized spacial score (nSPS) is 26.5. The predicted molar refractivity (Wildman–Crippen MR) is 105 cm³/mol. The van der Waals surface area contributed by atoms with E-state index in [2.05, 4.69) is 60.7 Å². The predicted octanol–water partition coefficient (Wildman–Crippen LogP) is 5.62. The van der Waals surface area contributed by atoms with E-state index in [-0.39, 0.29) is 11.8 Å². The maximum atomic E-state index is 13.7. The van der Waals surface area contributed by atoms with Crippen molar-refractivity contribution in [3.8, 4) is 0 Å². The number of Topliss-reactive ketones (excluding diaryl/α,β-unsaturated/α-hetero) is 1. The van der Waals surface area contributed by atoms with E-state index in [9.17, 15) is 4.79 Å². The van der Waals surface area contributed by atoms with E-state index in [4.69, 9.17) is 0 Å². The lowest BCUT2D eigenvalue weighted by Crippen LogP contribution is -2.60. The molecule has 0 spiro atoms. The van der Waals surface area contributed by atoms with Gasteiger partial charge in [-0.25, -0.2) is 0 Å². The van der Waals surface area contributed by atoms with E-state index >= 15 is 0 Å². The van der Waals surface area contributed by atoms with Crippen LogP contribution in [0, 0.1) is 11.8 Å². The summed E-state index contributed by atoms with van der Waals surface area (Å²) < 4.78 is 0. The number of fused-ring (bicyclic) bond motifs is 1. The summed E-state index contributed by atoms with van der Waals surface area (Å²) in [6.07, 6.45) is 10.9. The highest BCUT2D eigenvalue weighted by Gasteiger charge is 2.64. The van der Waals surface area contributed by atoms with Crippen molar-refractivity contribution >= 4 is 5.78 Å². The molecule has 2 saturated carbocycles.